The Hall–Kier alpha value is -1.60. The van der Waals surface area contributed by atoms with Crippen molar-refractivity contribution in [1.29, 1.82) is 0 Å². The molecule has 2 rings (SSSR count). The molecule has 100 valence electrons. The Labute approximate surface area is 116 Å². The number of aryl methyl sites for hydroxylation is 1. The second kappa shape index (κ2) is 6.53. The van der Waals surface area contributed by atoms with Crippen molar-refractivity contribution in [2.24, 2.45) is 0 Å². The fourth-order valence-electron chi connectivity index (χ4n) is 2.14. The molecule has 2 aromatic rings. The van der Waals surface area contributed by atoms with Crippen molar-refractivity contribution in [3.8, 4) is 11.1 Å². The summed E-state index contributed by atoms with van der Waals surface area (Å²) < 4.78 is 5.75. The zero-order valence-corrected chi connectivity index (χ0v) is 12.0. The summed E-state index contributed by atoms with van der Waals surface area (Å²) in [6.45, 7) is 7.00. The van der Waals surface area contributed by atoms with Gasteiger partial charge in [-0.2, -0.15) is 0 Å². The molecule has 0 amide bonds. The molecule has 1 heteroatoms. The van der Waals surface area contributed by atoms with Crippen LogP contribution in [0, 0.1) is 0 Å². The molecule has 0 saturated carbocycles. The molecule has 2 aromatic carbocycles. The third-order valence-electron chi connectivity index (χ3n) is 3.24. The second-order valence-electron chi connectivity index (χ2n) is 5.07. The van der Waals surface area contributed by atoms with Gasteiger partial charge in [-0.25, -0.2) is 0 Å². The highest BCUT2D eigenvalue weighted by Crippen LogP contribution is 2.25. The topological polar surface area (TPSA) is 9.23 Å². The van der Waals surface area contributed by atoms with E-state index in [1.165, 1.54) is 22.3 Å². The van der Waals surface area contributed by atoms with Crippen LogP contribution in [-0.4, -0.2) is 6.10 Å². The molecule has 0 spiro atoms. The van der Waals surface area contributed by atoms with Crippen molar-refractivity contribution in [2.45, 2.75) is 39.9 Å². The Morgan fingerprint density at radius 2 is 1.79 bits per heavy atom. The van der Waals surface area contributed by atoms with Crippen LogP contribution in [0.3, 0.4) is 0 Å². The zero-order valence-electron chi connectivity index (χ0n) is 12.0. The summed E-state index contributed by atoms with van der Waals surface area (Å²) in [5.41, 5.74) is 5.18. The van der Waals surface area contributed by atoms with Crippen LogP contribution < -0.4 is 0 Å². The van der Waals surface area contributed by atoms with Gasteiger partial charge < -0.3 is 4.74 Å². The van der Waals surface area contributed by atoms with Crippen LogP contribution >= 0.6 is 0 Å². The highest BCUT2D eigenvalue weighted by Gasteiger charge is 2.06. The highest BCUT2D eigenvalue weighted by molar-refractivity contribution is 5.67. The number of ether oxygens (including phenoxy) is 1. The van der Waals surface area contributed by atoms with Crippen molar-refractivity contribution in [2.75, 3.05) is 0 Å². The maximum atomic E-state index is 5.75. The van der Waals surface area contributed by atoms with Gasteiger partial charge in [-0.15, -0.1) is 0 Å². The summed E-state index contributed by atoms with van der Waals surface area (Å²) in [5.74, 6) is 0. The van der Waals surface area contributed by atoms with Crippen molar-refractivity contribution in [1.82, 2.24) is 0 Å². The van der Waals surface area contributed by atoms with Crippen LogP contribution in [0.1, 0.15) is 31.9 Å². The van der Waals surface area contributed by atoms with Crippen LogP contribution in [-0.2, 0) is 17.8 Å². The maximum Gasteiger partial charge on any atom is 0.0726 e. The first-order valence-corrected chi connectivity index (χ1v) is 6.99. The van der Waals surface area contributed by atoms with E-state index in [9.17, 15) is 0 Å². The SMILES string of the molecule is CCc1cccc(-c2ccccc2COC(C)C)c1. The molecule has 0 fully saturated rings. The molecule has 0 aliphatic rings. The van der Waals surface area contributed by atoms with E-state index in [1.807, 2.05) is 0 Å². The molecule has 19 heavy (non-hydrogen) atoms. The molecular formula is C18H22O. The Bertz CT molecular complexity index is 529. The molecule has 0 aromatic heterocycles. The van der Waals surface area contributed by atoms with Gasteiger partial charge in [-0.05, 0) is 42.5 Å². The summed E-state index contributed by atoms with van der Waals surface area (Å²) in [6, 6.07) is 17.2. The number of hydrogen-bond acceptors (Lipinski definition) is 1. The molecule has 0 saturated heterocycles. The summed E-state index contributed by atoms with van der Waals surface area (Å²) in [6.07, 6.45) is 1.33. The minimum atomic E-state index is 0.259. The molecule has 0 atom stereocenters. The molecule has 0 aliphatic carbocycles. The van der Waals surface area contributed by atoms with E-state index in [-0.39, 0.29) is 6.10 Å². The van der Waals surface area contributed by atoms with Crippen molar-refractivity contribution >= 4 is 0 Å². The Morgan fingerprint density at radius 3 is 2.53 bits per heavy atom. The Balaban J connectivity index is 2.32. The van der Waals surface area contributed by atoms with Gasteiger partial charge >= 0.3 is 0 Å². The molecule has 0 N–H and O–H groups in total. The van der Waals surface area contributed by atoms with E-state index in [1.54, 1.807) is 0 Å². The van der Waals surface area contributed by atoms with E-state index < -0.39 is 0 Å². The molecule has 0 radical (unpaired) electrons. The lowest BCUT2D eigenvalue weighted by Gasteiger charge is -2.13. The van der Waals surface area contributed by atoms with Gasteiger partial charge in [-0.3, -0.25) is 0 Å². The van der Waals surface area contributed by atoms with E-state index in [4.69, 9.17) is 4.74 Å². The van der Waals surface area contributed by atoms with Crippen molar-refractivity contribution in [3.05, 3.63) is 59.7 Å². The quantitative estimate of drug-likeness (QED) is 0.741. The first-order chi connectivity index (χ1) is 9.20. The fourth-order valence-corrected chi connectivity index (χ4v) is 2.14. The minimum Gasteiger partial charge on any atom is -0.374 e. The summed E-state index contributed by atoms with van der Waals surface area (Å²) in [5, 5.41) is 0. The molecule has 0 heterocycles. The zero-order chi connectivity index (χ0) is 13.7. The van der Waals surface area contributed by atoms with E-state index in [0.29, 0.717) is 6.61 Å². The predicted octanol–water partition coefficient (Wildman–Crippen LogP) is 4.84. The largest absolute Gasteiger partial charge is 0.374 e. The maximum absolute atomic E-state index is 5.75. The third-order valence-corrected chi connectivity index (χ3v) is 3.24. The molecule has 0 aliphatic heterocycles. The van der Waals surface area contributed by atoms with Crippen molar-refractivity contribution in [3.63, 3.8) is 0 Å². The third kappa shape index (κ3) is 3.68. The van der Waals surface area contributed by atoms with E-state index >= 15 is 0 Å². The van der Waals surface area contributed by atoms with E-state index in [2.05, 4.69) is 69.3 Å². The second-order valence-corrected chi connectivity index (χ2v) is 5.07. The predicted molar refractivity (Wildman–Crippen MR) is 81.2 cm³/mol. The lowest BCUT2D eigenvalue weighted by molar-refractivity contribution is 0.0660. The van der Waals surface area contributed by atoms with Crippen molar-refractivity contribution < 1.29 is 4.74 Å². The summed E-state index contributed by atoms with van der Waals surface area (Å²) in [7, 11) is 0. The number of hydrogen-bond donors (Lipinski definition) is 0. The average molecular weight is 254 g/mol. The highest BCUT2D eigenvalue weighted by atomic mass is 16.5. The van der Waals surface area contributed by atoms with Gasteiger partial charge in [0.25, 0.3) is 0 Å². The number of rotatable bonds is 5. The van der Waals surface area contributed by atoms with Gasteiger partial charge in [0.1, 0.15) is 0 Å². The van der Waals surface area contributed by atoms with Gasteiger partial charge in [-0.1, -0.05) is 55.5 Å². The minimum absolute atomic E-state index is 0.259. The fraction of sp³-hybridized carbons (Fsp3) is 0.333. The van der Waals surface area contributed by atoms with Gasteiger partial charge in [0, 0.05) is 0 Å². The van der Waals surface area contributed by atoms with Gasteiger partial charge in [0.15, 0.2) is 0 Å². The van der Waals surface area contributed by atoms with Crippen LogP contribution in [0.15, 0.2) is 48.5 Å². The van der Waals surface area contributed by atoms with Gasteiger partial charge in [0.2, 0.25) is 0 Å². The molecule has 0 unspecified atom stereocenters. The molecule has 0 bridgehead atoms. The summed E-state index contributed by atoms with van der Waals surface area (Å²) >= 11 is 0. The average Bonchev–Trinajstić information content (AvgIpc) is 2.45. The normalized spacial score (nSPS) is 10.9. The van der Waals surface area contributed by atoms with Gasteiger partial charge in [0.05, 0.1) is 12.7 Å². The summed E-state index contributed by atoms with van der Waals surface area (Å²) in [4.78, 5) is 0. The number of benzene rings is 2. The van der Waals surface area contributed by atoms with Crippen LogP contribution in [0.5, 0.6) is 0 Å². The van der Waals surface area contributed by atoms with Crippen LogP contribution in [0.2, 0.25) is 0 Å². The molecule has 1 nitrogen and oxygen atoms in total. The Kier molecular flexibility index (Phi) is 4.75. The lowest BCUT2D eigenvalue weighted by Crippen LogP contribution is -2.03. The molecular weight excluding hydrogens is 232 g/mol. The standard InChI is InChI=1S/C18H22O/c1-4-15-8-7-10-16(12-15)18-11-6-5-9-17(18)13-19-14(2)3/h5-12,14H,4,13H2,1-3H3. The first kappa shape index (κ1) is 13.8. The lowest BCUT2D eigenvalue weighted by atomic mass is 9.98. The van der Waals surface area contributed by atoms with Crippen LogP contribution in [0.25, 0.3) is 11.1 Å². The van der Waals surface area contributed by atoms with E-state index in [0.717, 1.165) is 6.42 Å². The Morgan fingerprint density at radius 1 is 1.00 bits per heavy atom. The first-order valence-electron chi connectivity index (χ1n) is 6.99. The smallest absolute Gasteiger partial charge is 0.0726 e. The van der Waals surface area contributed by atoms with Crippen LogP contribution in [0.4, 0.5) is 0 Å². The monoisotopic (exact) mass is 254 g/mol.